The fourth-order valence-corrected chi connectivity index (χ4v) is 2.22. The van der Waals surface area contributed by atoms with E-state index in [0.29, 0.717) is 0 Å². The minimum atomic E-state index is -0.744. The molecule has 2 rings (SSSR count). The summed E-state index contributed by atoms with van der Waals surface area (Å²) >= 11 is 0. The summed E-state index contributed by atoms with van der Waals surface area (Å²) in [6, 6.07) is 0. The lowest BCUT2D eigenvalue weighted by Crippen LogP contribution is -2.21. The maximum absolute atomic E-state index is 11.2. The number of ketones is 3. The van der Waals surface area contributed by atoms with Crippen molar-refractivity contribution in [2.75, 3.05) is 13.2 Å². The lowest BCUT2D eigenvalue weighted by molar-refractivity contribution is -0.141. The van der Waals surface area contributed by atoms with Gasteiger partial charge >= 0.3 is 0 Å². The molecular weight excluding hydrogens is 228 g/mol. The summed E-state index contributed by atoms with van der Waals surface area (Å²) in [7, 11) is 0. The maximum atomic E-state index is 11.2. The molecule has 6 nitrogen and oxygen atoms in total. The van der Waals surface area contributed by atoms with Crippen LogP contribution in [0.2, 0.25) is 0 Å². The highest BCUT2D eigenvalue weighted by Gasteiger charge is 2.48. The molecule has 0 heterocycles. The van der Waals surface area contributed by atoms with E-state index in [4.69, 9.17) is 10.2 Å². The maximum Gasteiger partial charge on any atom is 0.264 e. The molecule has 0 aromatic carbocycles. The van der Waals surface area contributed by atoms with Crippen molar-refractivity contribution in [1.82, 2.24) is 0 Å². The van der Waals surface area contributed by atoms with Crippen LogP contribution in [0.15, 0.2) is 0 Å². The number of carbonyl (C=O) groups is 3. The number of hydrogen-bond acceptors (Lipinski definition) is 5. The van der Waals surface area contributed by atoms with Gasteiger partial charge in [0.1, 0.15) is 0 Å². The Bertz CT molecular complexity index is 270. The number of rotatable bonds is 1. The smallest absolute Gasteiger partial charge is 0.264 e. The highest BCUT2D eigenvalue weighted by Crippen LogP contribution is 2.36. The van der Waals surface area contributed by atoms with E-state index in [1.54, 1.807) is 0 Å². The Kier molecular flexibility index (Phi) is 6.79. The number of aliphatic hydroxyl groups is 2. The Labute approximate surface area is 98.9 Å². The minimum Gasteiger partial charge on any atom is -0.412 e. The fraction of sp³-hybridized carbons (Fsp3) is 0.727. The summed E-state index contributed by atoms with van der Waals surface area (Å²) in [6.07, 6.45) is 3.43. The van der Waals surface area contributed by atoms with Crippen molar-refractivity contribution in [3.8, 4) is 0 Å². The Morgan fingerprint density at radius 1 is 0.882 bits per heavy atom. The molecule has 0 bridgehead atoms. The molecule has 6 heteroatoms. The molecule has 2 aliphatic rings. The second kappa shape index (κ2) is 7.26. The first-order valence-electron chi connectivity index (χ1n) is 5.47. The van der Waals surface area contributed by atoms with Gasteiger partial charge in [-0.25, -0.2) is 0 Å². The van der Waals surface area contributed by atoms with E-state index in [9.17, 15) is 14.4 Å². The summed E-state index contributed by atoms with van der Waals surface area (Å²) in [5.74, 6) is -2.10. The fourth-order valence-electron chi connectivity index (χ4n) is 2.22. The molecule has 2 saturated carbocycles. The predicted octanol–water partition coefficient (Wildman–Crippen LogP) is -1.34. The lowest BCUT2D eigenvalue weighted by Gasteiger charge is -2.20. The van der Waals surface area contributed by atoms with Gasteiger partial charge in [-0.05, 0) is 12.8 Å². The molecule has 2 fully saturated rings. The van der Waals surface area contributed by atoms with Crippen LogP contribution in [-0.2, 0) is 14.4 Å². The summed E-state index contributed by atoms with van der Waals surface area (Å²) in [4.78, 5) is 33.3. The van der Waals surface area contributed by atoms with Gasteiger partial charge in [-0.15, -0.1) is 0 Å². The van der Waals surface area contributed by atoms with Crippen LogP contribution in [0, 0.1) is 11.8 Å². The van der Waals surface area contributed by atoms with Crippen molar-refractivity contribution in [3.05, 3.63) is 0 Å². The zero-order valence-electron chi connectivity index (χ0n) is 9.52. The Morgan fingerprint density at radius 3 is 1.53 bits per heavy atom. The van der Waals surface area contributed by atoms with Gasteiger partial charge in [-0.2, -0.15) is 0 Å². The standard InChI is InChI=1S/C9H10O3.C2H6O2.H2O/c10-7-5-3-1-2-4-6(5)8(11)9(7)12;3-1-2-4;/h5-6H,1-4H2;3-4H,1-2H2;1H2. The Hall–Kier alpha value is -1.11. The molecule has 0 spiro atoms. The Morgan fingerprint density at radius 2 is 1.24 bits per heavy atom. The van der Waals surface area contributed by atoms with Crippen LogP contribution in [0.4, 0.5) is 0 Å². The van der Waals surface area contributed by atoms with Gasteiger partial charge in [-0.3, -0.25) is 14.4 Å². The predicted molar refractivity (Wildman–Crippen MR) is 58.3 cm³/mol. The number of fused-ring (bicyclic) bond motifs is 1. The first kappa shape index (κ1) is 15.9. The lowest BCUT2D eigenvalue weighted by atomic mass is 9.81. The molecule has 2 unspecified atom stereocenters. The highest BCUT2D eigenvalue weighted by atomic mass is 16.3. The number of aliphatic hydroxyl groups excluding tert-OH is 2. The third-order valence-electron chi connectivity index (χ3n) is 2.99. The molecule has 4 N–H and O–H groups in total. The Balaban J connectivity index is 0.000000453. The molecule has 0 amide bonds. The van der Waals surface area contributed by atoms with Crippen LogP contribution in [0.1, 0.15) is 25.7 Å². The summed E-state index contributed by atoms with van der Waals surface area (Å²) in [5.41, 5.74) is 0. The van der Waals surface area contributed by atoms with Crippen LogP contribution in [0.25, 0.3) is 0 Å². The van der Waals surface area contributed by atoms with Crippen molar-refractivity contribution in [3.63, 3.8) is 0 Å². The molecule has 0 aliphatic heterocycles. The molecular formula is C11H18O6. The van der Waals surface area contributed by atoms with Crippen LogP contribution in [-0.4, -0.2) is 46.3 Å². The number of hydrogen-bond donors (Lipinski definition) is 2. The van der Waals surface area contributed by atoms with Gasteiger partial charge in [0.25, 0.3) is 5.78 Å². The van der Waals surface area contributed by atoms with E-state index in [1.165, 1.54) is 0 Å². The van der Waals surface area contributed by atoms with Gasteiger partial charge in [0.15, 0.2) is 0 Å². The van der Waals surface area contributed by atoms with E-state index in [-0.39, 0.29) is 30.5 Å². The van der Waals surface area contributed by atoms with E-state index in [2.05, 4.69) is 0 Å². The van der Waals surface area contributed by atoms with Gasteiger partial charge in [-0.1, -0.05) is 12.8 Å². The van der Waals surface area contributed by atoms with Crippen molar-refractivity contribution in [1.29, 1.82) is 0 Å². The zero-order chi connectivity index (χ0) is 12.1. The summed E-state index contributed by atoms with van der Waals surface area (Å²) in [6.45, 7) is -0.250. The van der Waals surface area contributed by atoms with Crippen LogP contribution >= 0.6 is 0 Å². The van der Waals surface area contributed by atoms with E-state index >= 15 is 0 Å². The number of carbonyl (C=O) groups excluding carboxylic acids is 3. The third-order valence-corrected chi connectivity index (χ3v) is 2.99. The first-order valence-corrected chi connectivity index (χ1v) is 5.47. The average molecular weight is 246 g/mol. The number of Topliss-reactive ketones (excluding diaryl/α,β-unsaturated/α-hetero) is 3. The second-order valence-electron chi connectivity index (χ2n) is 4.00. The van der Waals surface area contributed by atoms with Gasteiger partial charge < -0.3 is 15.7 Å². The van der Waals surface area contributed by atoms with Crippen molar-refractivity contribution in [2.45, 2.75) is 25.7 Å². The van der Waals surface area contributed by atoms with Gasteiger partial charge in [0.05, 0.1) is 13.2 Å². The van der Waals surface area contributed by atoms with Crippen molar-refractivity contribution >= 4 is 17.3 Å². The SMILES string of the molecule is O.O=C1C(=O)C2CCCCC2C1=O.OCCO. The van der Waals surface area contributed by atoms with Crippen LogP contribution in [0.3, 0.4) is 0 Å². The van der Waals surface area contributed by atoms with Gasteiger partial charge in [0, 0.05) is 11.8 Å². The molecule has 17 heavy (non-hydrogen) atoms. The molecule has 2 aliphatic carbocycles. The molecule has 0 saturated heterocycles. The largest absolute Gasteiger partial charge is 0.412 e. The molecule has 2 atom stereocenters. The molecule has 0 aromatic rings. The summed E-state index contributed by atoms with van der Waals surface area (Å²) < 4.78 is 0. The minimum absolute atomic E-state index is 0. The summed E-state index contributed by atoms with van der Waals surface area (Å²) in [5, 5.41) is 15.2. The topological polar surface area (TPSA) is 123 Å². The van der Waals surface area contributed by atoms with E-state index in [1.807, 2.05) is 0 Å². The quantitative estimate of drug-likeness (QED) is 0.554. The first-order chi connectivity index (χ1) is 7.63. The normalized spacial score (nSPS) is 26.8. The van der Waals surface area contributed by atoms with Crippen molar-refractivity contribution < 1.29 is 30.1 Å². The van der Waals surface area contributed by atoms with E-state index in [0.717, 1.165) is 25.7 Å². The van der Waals surface area contributed by atoms with E-state index < -0.39 is 17.3 Å². The van der Waals surface area contributed by atoms with Crippen LogP contribution in [0.5, 0.6) is 0 Å². The van der Waals surface area contributed by atoms with Crippen LogP contribution < -0.4 is 0 Å². The zero-order valence-corrected chi connectivity index (χ0v) is 9.52. The second-order valence-corrected chi connectivity index (χ2v) is 4.00. The van der Waals surface area contributed by atoms with Gasteiger partial charge in [0.2, 0.25) is 11.6 Å². The van der Waals surface area contributed by atoms with Crippen molar-refractivity contribution in [2.24, 2.45) is 11.8 Å². The molecule has 0 radical (unpaired) electrons. The highest BCUT2D eigenvalue weighted by molar-refractivity contribution is 6.68. The molecule has 0 aromatic heterocycles. The third kappa shape index (κ3) is 3.42. The monoisotopic (exact) mass is 246 g/mol. The molecule has 98 valence electrons. The average Bonchev–Trinajstić information content (AvgIpc) is 2.56.